The molecule has 0 heterocycles. The summed E-state index contributed by atoms with van der Waals surface area (Å²) >= 11 is 0. The predicted molar refractivity (Wildman–Crippen MR) is 98.0 cm³/mol. The first-order chi connectivity index (χ1) is 12.7. The second-order valence-corrected chi connectivity index (χ2v) is 6.73. The summed E-state index contributed by atoms with van der Waals surface area (Å²) in [6, 6.07) is 6.89. The van der Waals surface area contributed by atoms with Crippen LogP contribution in [0, 0.1) is 5.92 Å². The lowest BCUT2D eigenvalue weighted by Crippen LogP contribution is -2.52. The molecule has 2 amide bonds. The summed E-state index contributed by atoms with van der Waals surface area (Å²) in [6.07, 6.45) is -0.190. The number of hydrogen-bond acceptors (Lipinski definition) is 4. The number of hydrogen-bond donors (Lipinski definition) is 4. The van der Waals surface area contributed by atoms with Crippen LogP contribution in [0.4, 0.5) is 0 Å². The quantitative estimate of drug-likeness (QED) is 0.457. The number of nitrogens with one attached hydrogen (secondary N) is 2. The lowest BCUT2D eigenvalue weighted by atomic mass is 10.0. The largest absolute Gasteiger partial charge is 0.481 e. The number of carboxylic acids is 2. The van der Waals surface area contributed by atoms with E-state index in [9.17, 15) is 24.3 Å². The number of carboxylic acid groups (broad SMARTS) is 2. The zero-order valence-electron chi connectivity index (χ0n) is 15.5. The van der Waals surface area contributed by atoms with Gasteiger partial charge in [0.1, 0.15) is 12.1 Å². The summed E-state index contributed by atoms with van der Waals surface area (Å²) in [5, 5.41) is 23.0. The number of amides is 2. The average molecular weight is 378 g/mol. The third-order valence-corrected chi connectivity index (χ3v) is 3.82. The fourth-order valence-corrected chi connectivity index (χ4v) is 2.51. The van der Waals surface area contributed by atoms with Crippen molar-refractivity contribution in [2.45, 2.75) is 51.6 Å². The van der Waals surface area contributed by atoms with E-state index in [1.807, 2.05) is 19.9 Å². The van der Waals surface area contributed by atoms with Crippen molar-refractivity contribution in [2.24, 2.45) is 5.92 Å². The summed E-state index contributed by atoms with van der Waals surface area (Å²) in [7, 11) is 0. The van der Waals surface area contributed by atoms with Crippen molar-refractivity contribution in [3.63, 3.8) is 0 Å². The first-order valence-corrected chi connectivity index (χ1v) is 8.77. The Hall–Kier alpha value is -2.90. The summed E-state index contributed by atoms with van der Waals surface area (Å²) in [5.41, 5.74) is 0.784. The van der Waals surface area contributed by atoms with Crippen molar-refractivity contribution < 1.29 is 29.4 Å². The summed E-state index contributed by atoms with van der Waals surface area (Å²) in [5.74, 6) is -3.39. The molecule has 148 valence electrons. The molecule has 1 rings (SSSR count). The zero-order valence-corrected chi connectivity index (χ0v) is 15.5. The van der Waals surface area contributed by atoms with Gasteiger partial charge in [-0.1, -0.05) is 44.2 Å². The van der Waals surface area contributed by atoms with Crippen LogP contribution in [0.15, 0.2) is 30.3 Å². The van der Waals surface area contributed by atoms with Crippen LogP contribution in [-0.4, -0.2) is 46.0 Å². The molecule has 8 nitrogen and oxygen atoms in total. The maximum Gasteiger partial charge on any atom is 0.326 e. The summed E-state index contributed by atoms with van der Waals surface area (Å²) in [6.45, 7) is 3.69. The number of aliphatic carboxylic acids is 2. The van der Waals surface area contributed by atoms with Gasteiger partial charge >= 0.3 is 11.9 Å². The average Bonchev–Trinajstić information content (AvgIpc) is 2.59. The SMILES string of the molecule is CC(C)C[C@H](NC(=O)[C@H](Cc1ccccc1)NC(=O)CCC(=O)O)C(=O)O. The molecule has 0 aliphatic rings. The van der Waals surface area contributed by atoms with E-state index in [4.69, 9.17) is 5.11 Å². The minimum Gasteiger partial charge on any atom is -0.481 e. The molecule has 2 atom stereocenters. The Balaban J connectivity index is 2.87. The molecule has 1 aromatic carbocycles. The maximum atomic E-state index is 12.6. The molecule has 0 saturated heterocycles. The molecular formula is C19H26N2O6. The highest BCUT2D eigenvalue weighted by molar-refractivity contribution is 5.91. The van der Waals surface area contributed by atoms with Crippen molar-refractivity contribution >= 4 is 23.8 Å². The standard InChI is InChI=1S/C19H26N2O6/c1-12(2)10-15(19(26)27)21-18(25)14(11-13-6-4-3-5-7-13)20-16(22)8-9-17(23)24/h3-7,12,14-15H,8-11H2,1-2H3,(H,20,22)(H,21,25)(H,23,24)(H,26,27)/t14-,15-/m0/s1. The minimum atomic E-state index is -1.15. The van der Waals surface area contributed by atoms with Gasteiger partial charge in [0.05, 0.1) is 6.42 Å². The molecule has 0 spiro atoms. The highest BCUT2D eigenvalue weighted by Crippen LogP contribution is 2.08. The van der Waals surface area contributed by atoms with Gasteiger partial charge in [-0.25, -0.2) is 4.79 Å². The van der Waals surface area contributed by atoms with Crippen LogP contribution >= 0.6 is 0 Å². The molecule has 1 aromatic rings. The lowest BCUT2D eigenvalue weighted by Gasteiger charge is -2.22. The van der Waals surface area contributed by atoms with Crippen LogP contribution in [0.25, 0.3) is 0 Å². The second-order valence-electron chi connectivity index (χ2n) is 6.73. The molecule has 0 bridgehead atoms. The fraction of sp³-hybridized carbons (Fsp3) is 0.474. The molecule has 8 heteroatoms. The van der Waals surface area contributed by atoms with E-state index in [2.05, 4.69) is 10.6 Å². The first kappa shape index (κ1) is 22.1. The monoisotopic (exact) mass is 378 g/mol. The summed E-state index contributed by atoms with van der Waals surface area (Å²) in [4.78, 5) is 46.6. The number of rotatable bonds is 11. The first-order valence-electron chi connectivity index (χ1n) is 8.77. The predicted octanol–water partition coefficient (Wildman–Crippen LogP) is 1.19. The minimum absolute atomic E-state index is 0.0594. The molecule has 0 aliphatic heterocycles. The van der Waals surface area contributed by atoms with E-state index in [-0.39, 0.29) is 31.6 Å². The number of carbonyl (C=O) groups excluding carboxylic acids is 2. The highest BCUT2D eigenvalue weighted by Gasteiger charge is 2.27. The van der Waals surface area contributed by atoms with Crippen molar-refractivity contribution in [1.29, 1.82) is 0 Å². The Kier molecular flexibility index (Phi) is 8.98. The third-order valence-electron chi connectivity index (χ3n) is 3.82. The van der Waals surface area contributed by atoms with Gasteiger partial charge in [0.2, 0.25) is 11.8 Å². The summed E-state index contributed by atoms with van der Waals surface area (Å²) < 4.78 is 0. The third kappa shape index (κ3) is 8.84. The Morgan fingerprint density at radius 3 is 2.07 bits per heavy atom. The Labute approximate surface area is 158 Å². The molecule has 0 fully saturated rings. The van der Waals surface area contributed by atoms with Gasteiger partial charge in [0, 0.05) is 12.8 Å². The van der Waals surface area contributed by atoms with Crippen molar-refractivity contribution in [3.05, 3.63) is 35.9 Å². The van der Waals surface area contributed by atoms with Crippen LogP contribution in [-0.2, 0) is 25.6 Å². The maximum absolute atomic E-state index is 12.6. The molecule has 27 heavy (non-hydrogen) atoms. The van der Waals surface area contributed by atoms with Gasteiger partial charge < -0.3 is 20.8 Å². The molecule has 0 aromatic heterocycles. The number of benzene rings is 1. The van der Waals surface area contributed by atoms with Crippen LogP contribution < -0.4 is 10.6 Å². The zero-order chi connectivity index (χ0) is 20.4. The smallest absolute Gasteiger partial charge is 0.326 e. The van der Waals surface area contributed by atoms with Gasteiger partial charge in [-0.15, -0.1) is 0 Å². The van der Waals surface area contributed by atoms with Crippen molar-refractivity contribution in [1.82, 2.24) is 10.6 Å². The number of carbonyl (C=O) groups is 4. The van der Waals surface area contributed by atoms with E-state index in [1.165, 1.54) is 0 Å². The van der Waals surface area contributed by atoms with Gasteiger partial charge in [-0.05, 0) is 17.9 Å². The van der Waals surface area contributed by atoms with Gasteiger partial charge in [-0.3, -0.25) is 14.4 Å². The fourth-order valence-electron chi connectivity index (χ4n) is 2.51. The molecule has 0 unspecified atom stereocenters. The van der Waals surface area contributed by atoms with E-state index >= 15 is 0 Å². The Morgan fingerprint density at radius 1 is 0.926 bits per heavy atom. The van der Waals surface area contributed by atoms with E-state index in [0.717, 1.165) is 5.56 Å². The van der Waals surface area contributed by atoms with E-state index in [0.29, 0.717) is 0 Å². The van der Waals surface area contributed by atoms with Crippen LogP contribution in [0.5, 0.6) is 0 Å². The van der Waals surface area contributed by atoms with E-state index in [1.54, 1.807) is 24.3 Å². The Bertz CT molecular complexity index is 659. The van der Waals surface area contributed by atoms with Crippen LogP contribution in [0.2, 0.25) is 0 Å². The topological polar surface area (TPSA) is 133 Å². The van der Waals surface area contributed by atoms with Gasteiger partial charge in [-0.2, -0.15) is 0 Å². The Morgan fingerprint density at radius 2 is 1.56 bits per heavy atom. The van der Waals surface area contributed by atoms with Gasteiger partial charge in [0.15, 0.2) is 0 Å². The molecule has 0 saturated carbocycles. The highest BCUT2D eigenvalue weighted by atomic mass is 16.4. The molecule has 0 aliphatic carbocycles. The van der Waals surface area contributed by atoms with Gasteiger partial charge in [0.25, 0.3) is 0 Å². The normalized spacial score (nSPS) is 12.9. The molecule has 4 N–H and O–H groups in total. The van der Waals surface area contributed by atoms with E-state index < -0.39 is 35.8 Å². The van der Waals surface area contributed by atoms with Crippen LogP contribution in [0.1, 0.15) is 38.7 Å². The van der Waals surface area contributed by atoms with Crippen LogP contribution in [0.3, 0.4) is 0 Å². The molecular weight excluding hydrogens is 352 g/mol. The molecule has 0 radical (unpaired) electrons. The van der Waals surface area contributed by atoms with Crippen molar-refractivity contribution in [3.8, 4) is 0 Å². The lowest BCUT2D eigenvalue weighted by molar-refractivity contribution is -0.143. The second kappa shape index (κ2) is 10.9. The van der Waals surface area contributed by atoms with Crippen molar-refractivity contribution in [2.75, 3.05) is 0 Å².